The smallest absolute Gasteiger partial charge is 0.434 e. The molecule has 0 saturated carbocycles. The van der Waals surface area contributed by atoms with Crippen molar-refractivity contribution in [3.05, 3.63) is 51.8 Å². The molecule has 0 bridgehead atoms. The molecule has 144 valence electrons. The third kappa shape index (κ3) is 4.43. The van der Waals surface area contributed by atoms with Gasteiger partial charge in [-0.2, -0.15) is 13.2 Å². The van der Waals surface area contributed by atoms with Crippen LogP contribution < -0.4 is 0 Å². The number of benzene rings is 1. The first-order valence-corrected chi connectivity index (χ1v) is 9.07. The Kier molecular flexibility index (Phi) is 4.96. The highest BCUT2D eigenvalue weighted by Crippen LogP contribution is 2.38. The first-order chi connectivity index (χ1) is 12.4. The summed E-state index contributed by atoms with van der Waals surface area (Å²) >= 11 is 2.99. The fraction of sp³-hybridized carbons (Fsp3) is 0.368. The number of hydrogen-bond donors (Lipinski definition) is 0. The molecule has 0 unspecified atom stereocenters. The van der Waals surface area contributed by atoms with E-state index in [1.165, 1.54) is 17.0 Å². The number of carbonyl (C=O) groups is 1. The Morgan fingerprint density at radius 3 is 2.41 bits per heavy atom. The van der Waals surface area contributed by atoms with E-state index in [1.54, 1.807) is 39.0 Å². The van der Waals surface area contributed by atoms with Gasteiger partial charge >= 0.3 is 12.3 Å². The third-order valence-electron chi connectivity index (χ3n) is 4.02. The Hall–Kier alpha value is -2.09. The highest BCUT2D eigenvalue weighted by Gasteiger charge is 2.36. The minimum atomic E-state index is -4.57. The van der Waals surface area contributed by atoms with E-state index in [0.29, 0.717) is 18.7 Å². The number of pyridine rings is 1. The maximum absolute atomic E-state index is 13.4. The van der Waals surface area contributed by atoms with E-state index in [-0.39, 0.29) is 10.2 Å². The van der Waals surface area contributed by atoms with Crippen molar-refractivity contribution in [2.75, 3.05) is 0 Å². The molecule has 1 aliphatic heterocycles. The van der Waals surface area contributed by atoms with Gasteiger partial charge in [0.1, 0.15) is 10.2 Å². The van der Waals surface area contributed by atoms with Crippen molar-refractivity contribution in [1.82, 2.24) is 9.88 Å². The largest absolute Gasteiger partial charge is 0.444 e. The summed E-state index contributed by atoms with van der Waals surface area (Å²) in [5.41, 5.74) is 0.551. The van der Waals surface area contributed by atoms with E-state index in [1.807, 2.05) is 0 Å². The predicted octanol–water partition coefficient (Wildman–Crippen LogP) is 5.78. The molecule has 0 radical (unpaired) electrons. The quantitative estimate of drug-likeness (QED) is 0.525. The maximum atomic E-state index is 13.4. The Morgan fingerprint density at radius 1 is 1.11 bits per heavy atom. The molecule has 27 heavy (non-hydrogen) atoms. The van der Waals surface area contributed by atoms with E-state index in [4.69, 9.17) is 4.74 Å². The summed E-state index contributed by atoms with van der Waals surface area (Å²) < 4.78 is 45.6. The van der Waals surface area contributed by atoms with Crippen LogP contribution in [0.4, 0.5) is 18.0 Å². The molecule has 1 aromatic carbocycles. The number of nitrogens with zero attached hydrogens (tertiary/aromatic N) is 2. The summed E-state index contributed by atoms with van der Waals surface area (Å²) in [5.74, 6) is 0. The maximum Gasteiger partial charge on any atom is 0.434 e. The topological polar surface area (TPSA) is 42.4 Å². The minimum Gasteiger partial charge on any atom is -0.444 e. The van der Waals surface area contributed by atoms with Gasteiger partial charge in [-0.25, -0.2) is 9.78 Å². The van der Waals surface area contributed by atoms with Gasteiger partial charge in [-0.3, -0.25) is 4.90 Å². The number of aromatic nitrogens is 1. The fourth-order valence-electron chi connectivity index (χ4n) is 2.90. The van der Waals surface area contributed by atoms with E-state index < -0.39 is 23.6 Å². The van der Waals surface area contributed by atoms with Gasteiger partial charge in [0.15, 0.2) is 5.69 Å². The van der Waals surface area contributed by atoms with Crippen molar-refractivity contribution < 1.29 is 22.7 Å². The van der Waals surface area contributed by atoms with Crippen LogP contribution in [-0.2, 0) is 24.0 Å². The van der Waals surface area contributed by atoms with Gasteiger partial charge in [-0.15, -0.1) is 0 Å². The number of ether oxygens (including phenoxy) is 1. The van der Waals surface area contributed by atoms with Crippen LogP contribution in [0.1, 0.15) is 37.6 Å². The number of fused-ring (bicyclic) bond motifs is 1. The van der Waals surface area contributed by atoms with Gasteiger partial charge < -0.3 is 4.74 Å². The second-order valence-corrected chi connectivity index (χ2v) is 8.16. The number of halogens is 4. The van der Waals surface area contributed by atoms with E-state index in [0.717, 1.165) is 11.1 Å². The molecule has 3 rings (SSSR count). The first-order valence-electron chi connectivity index (χ1n) is 8.28. The molecular formula is C19H18BrF3N2O2. The normalized spacial score (nSPS) is 14.3. The van der Waals surface area contributed by atoms with Gasteiger partial charge in [-0.1, -0.05) is 12.1 Å². The lowest BCUT2D eigenvalue weighted by Gasteiger charge is -2.24. The highest BCUT2D eigenvalue weighted by atomic mass is 79.9. The van der Waals surface area contributed by atoms with Crippen LogP contribution in [0.3, 0.4) is 0 Å². The van der Waals surface area contributed by atoms with Crippen LogP contribution in [0.5, 0.6) is 0 Å². The highest BCUT2D eigenvalue weighted by molar-refractivity contribution is 9.10. The average molecular weight is 443 g/mol. The zero-order valence-electron chi connectivity index (χ0n) is 15.0. The van der Waals surface area contributed by atoms with E-state index >= 15 is 0 Å². The van der Waals surface area contributed by atoms with Crippen molar-refractivity contribution in [1.29, 1.82) is 0 Å². The molecule has 1 amide bonds. The van der Waals surface area contributed by atoms with Gasteiger partial charge in [-0.05, 0) is 71.6 Å². The van der Waals surface area contributed by atoms with E-state index in [2.05, 4.69) is 20.9 Å². The number of alkyl halides is 3. The van der Waals surface area contributed by atoms with Crippen molar-refractivity contribution in [2.45, 2.75) is 45.6 Å². The zero-order valence-corrected chi connectivity index (χ0v) is 16.6. The Labute approximate surface area is 163 Å². The van der Waals surface area contributed by atoms with Crippen LogP contribution in [-0.4, -0.2) is 21.6 Å². The van der Waals surface area contributed by atoms with Gasteiger partial charge in [0.2, 0.25) is 0 Å². The molecule has 0 spiro atoms. The molecule has 0 N–H and O–H groups in total. The molecule has 8 heteroatoms. The van der Waals surface area contributed by atoms with Crippen LogP contribution in [0.15, 0.2) is 34.9 Å². The van der Waals surface area contributed by atoms with E-state index in [9.17, 15) is 18.0 Å². The molecule has 0 saturated heterocycles. The summed E-state index contributed by atoms with van der Waals surface area (Å²) in [6, 6.07) is 7.92. The lowest BCUT2D eigenvalue weighted by Crippen LogP contribution is -2.33. The Bertz CT molecular complexity index is 891. The monoisotopic (exact) mass is 442 g/mol. The molecule has 4 nitrogen and oxygen atoms in total. The number of carbonyl (C=O) groups excluding carboxylic acids is 1. The summed E-state index contributed by atoms with van der Waals surface area (Å²) in [7, 11) is 0. The van der Waals surface area contributed by atoms with Crippen molar-refractivity contribution >= 4 is 22.0 Å². The molecule has 0 atom stereocenters. The van der Waals surface area contributed by atoms with Crippen molar-refractivity contribution in [3.8, 4) is 11.1 Å². The average Bonchev–Trinajstić information content (AvgIpc) is 2.95. The van der Waals surface area contributed by atoms with Gasteiger partial charge in [0.25, 0.3) is 0 Å². The number of amides is 1. The standard InChI is InChI=1S/C19H18BrF3N2O2/c1-18(2,3)27-17(26)25-9-12-5-4-11(8-13(12)10-25)14-6-7-15(20)24-16(14)19(21,22)23/h4-8H,9-10H2,1-3H3. The summed E-state index contributed by atoms with van der Waals surface area (Å²) in [4.78, 5) is 17.4. The lowest BCUT2D eigenvalue weighted by atomic mass is 9.99. The van der Waals surface area contributed by atoms with Gasteiger partial charge in [0, 0.05) is 18.7 Å². The Balaban J connectivity index is 1.91. The summed E-state index contributed by atoms with van der Waals surface area (Å²) in [5, 5.41) is 0. The van der Waals surface area contributed by atoms with Crippen LogP contribution in [0, 0.1) is 0 Å². The molecule has 2 heterocycles. The van der Waals surface area contributed by atoms with Crippen molar-refractivity contribution in [2.24, 2.45) is 0 Å². The summed E-state index contributed by atoms with van der Waals surface area (Å²) in [6.07, 6.45) is -5.01. The van der Waals surface area contributed by atoms with Crippen LogP contribution in [0.25, 0.3) is 11.1 Å². The zero-order chi connectivity index (χ0) is 20.0. The van der Waals surface area contributed by atoms with Crippen LogP contribution >= 0.6 is 15.9 Å². The number of hydrogen-bond acceptors (Lipinski definition) is 3. The molecule has 0 fully saturated rings. The van der Waals surface area contributed by atoms with Crippen LogP contribution in [0.2, 0.25) is 0 Å². The second-order valence-electron chi connectivity index (χ2n) is 7.35. The summed E-state index contributed by atoms with van der Waals surface area (Å²) in [6.45, 7) is 6.01. The predicted molar refractivity (Wildman–Crippen MR) is 97.9 cm³/mol. The minimum absolute atomic E-state index is 0.00391. The SMILES string of the molecule is CC(C)(C)OC(=O)N1Cc2ccc(-c3ccc(Br)nc3C(F)(F)F)cc2C1. The molecule has 0 aliphatic carbocycles. The molecule has 1 aliphatic rings. The van der Waals surface area contributed by atoms with Gasteiger partial charge in [0.05, 0.1) is 0 Å². The number of rotatable bonds is 1. The first kappa shape index (κ1) is 19.7. The lowest BCUT2D eigenvalue weighted by molar-refractivity contribution is -0.140. The molecule has 2 aromatic rings. The van der Waals surface area contributed by atoms with Crippen molar-refractivity contribution in [3.63, 3.8) is 0 Å². The molecule has 1 aromatic heterocycles. The fourth-order valence-corrected chi connectivity index (χ4v) is 3.21. The second kappa shape index (κ2) is 6.82. The Morgan fingerprint density at radius 2 is 1.78 bits per heavy atom. The third-order valence-corrected chi connectivity index (χ3v) is 4.46. The molecular weight excluding hydrogens is 425 g/mol.